The molecule has 0 bridgehead atoms. The molecular weight excluding hydrogens is 1260 g/mol. The molecule has 4 aromatic heterocycles. The topological polar surface area (TPSA) is 11.6 Å². The molecule has 9 aromatic carbocycles. The molecule has 3 fully saturated rings. The largest absolute Gasteiger partial charge is 0.213 e. The molecule has 4 heteroatoms. The SMILES string of the molecule is Cc1ccccc1-c1cc(-c2ccc3c(c2)sc2cc(C4CCCCC4)ccc23)c(C2CCCCC2)c[n+]1C.[2H]C([2H])([2H])c1c[n+](C)c(-c2ccccc2C)cc1-c1ccc2c(c1)C(C)(C([2H])([2H])[2H])c1cc(C)ccc1-2.[2H]C([2H])([2H])c1c[n+](C)c(-c2ccccc2C)cc1-c1ccc2c(c1)C1(CCCC1)c1cc(C)ccc1-2. The molecule has 516 valence electrons. The van der Waals surface area contributed by atoms with E-state index in [-0.39, 0.29) is 11.0 Å². The number of thiophene rings is 1. The standard InChI is InChI=1S/C37H40NS.C32H32N.C30H30N/c1-25-11-9-10-16-30(25)35-23-33(34(24-38(35)2)27-14-7-4-8-15-27)29-18-20-32-31-19-17-28(26-12-5-3-6-13-26)21-36(31)39-37(32)22-29;1-21-11-13-26-27-14-12-24(18-30(27)32(29(26)17-21)15-7-8-16-32)28-19-31(33(4)20-23(28)3)25-10-6-5-9-22(25)2;1-19-11-13-24-25-14-12-22(16-28(25)30(4,5)27(24)15-19)26-17-29(31(6)18-21(26)3)23-10-8-7-9-20(23)2/h9-11,16-24,26-27H,3-8,12-15H2,1-2H3;5-6,9-14,17-20H,7-8,15-16H2,1-4H3;7-18H,1-6H3/q3*+1/i;3D3;3D3,4D3. The zero-order valence-electron chi connectivity index (χ0n) is 70.6. The molecule has 0 saturated heterocycles. The number of fused-ring (bicyclic) bond motifs is 11. The van der Waals surface area contributed by atoms with Crippen LogP contribution in [0, 0.1) is 48.3 Å². The lowest BCUT2D eigenvalue weighted by atomic mass is 9.76. The lowest BCUT2D eigenvalue weighted by Crippen LogP contribution is -2.32. The van der Waals surface area contributed by atoms with Crippen molar-refractivity contribution in [2.45, 2.75) is 175 Å². The molecule has 103 heavy (non-hydrogen) atoms. The minimum Gasteiger partial charge on any atom is -0.201 e. The Morgan fingerprint density at radius 1 is 0.359 bits per heavy atom. The summed E-state index contributed by atoms with van der Waals surface area (Å²) in [6.07, 6.45) is 24.3. The molecule has 0 aliphatic heterocycles. The van der Waals surface area contributed by atoms with Crippen LogP contribution in [0.15, 0.2) is 219 Å². The number of aryl methyl sites for hydroxylation is 10. The van der Waals surface area contributed by atoms with Crippen molar-refractivity contribution in [3.05, 3.63) is 291 Å². The van der Waals surface area contributed by atoms with E-state index in [0.29, 0.717) is 28.2 Å². The summed E-state index contributed by atoms with van der Waals surface area (Å²) in [5.74, 6) is 1.41. The molecule has 18 rings (SSSR count). The van der Waals surface area contributed by atoms with Gasteiger partial charge in [0, 0.05) is 94.9 Å². The maximum absolute atomic E-state index is 8.51. The van der Waals surface area contributed by atoms with Crippen LogP contribution in [0.2, 0.25) is 0 Å². The second-order valence-electron chi connectivity index (χ2n) is 31.0. The van der Waals surface area contributed by atoms with Crippen molar-refractivity contribution in [3.63, 3.8) is 0 Å². The molecule has 0 radical (unpaired) electrons. The van der Waals surface area contributed by atoms with E-state index < -0.39 is 26.0 Å². The second kappa shape index (κ2) is 27.7. The van der Waals surface area contributed by atoms with Gasteiger partial charge in [-0.05, 0) is 241 Å². The average Bonchev–Trinajstić information content (AvgIpc) is 1.55. The maximum atomic E-state index is 8.51. The Morgan fingerprint density at radius 2 is 0.777 bits per heavy atom. The van der Waals surface area contributed by atoms with Gasteiger partial charge in [0.1, 0.15) is 21.1 Å². The first-order valence-electron chi connectivity index (χ1n) is 42.4. The van der Waals surface area contributed by atoms with E-state index in [1.807, 2.05) is 127 Å². The summed E-state index contributed by atoms with van der Waals surface area (Å²) < 4.78 is 84.4. The zero-order valence-corrected chi connectivity index (χ0v) is 62.4. The van der Waals surface area contributed by atoms with Crippen LogP contribution in [0.4, 0.5) is 0 Å². The summed E-state index contributed by atoms with van der Waals surface area (Å²) in [4.78, 5) is 0. The average molecular weight is 1380 g/mol. The van der Waals surface area contributed by atoms with Crippen molar-refractivity contribution in [2.75, 3.05) is 0 Å². The molecule has 5 aliphatic rings. The van der Waals surface area contributed by atoms with Gasteiger partial charge in [-0.2, -0.15) is 0 Å². The van der Waals surface area contributed by atoms with Crippen molar-refractivity contribution < 1.29 is 26.0 Å². The molecular formula is C99H102N3S+3. The predicted molar refractivity (Wildman–Crippen MR) is 435 cm³/mol. The monoisotopic (exact) mass is 1370 g/mol. The van der Waals surface area contributed by atoms with Crippen molar-refractivity contribution in [1.82, 2.24) is 0 Å². The summed E-state index contributed by atoms with van der Waals surface area (Å²) in [5, 5.41) is 2.84. The molecule has 3 saturated carbocycles. The highest BCUT2D eigenvalue weighted by Gasteiger charge is 2.45. The van der Waals surface area contributed by atoms with Gasteiger partial charge in [0.25, 0.3) is 0 Å². The fraction of sp³-hybridized carbons (Fsp3) is 0.303. The van der Waals surface area contributed by atoms with Crippen LogP contribution in [-0.4, -0.2) is 0 Å². The van der Waals surface area contributed by atoms with Gasteiger partial charge in [-0.25, -0.2) is 13.7 Å². The van der Waals surface area contributed by atoms with E-state index in [0.717, 1.165) is 80.2 Å². The van der Waals surface area contributed by atoms with E-state index >= 15 is 0 Å². The van der Waals surface area contributed by atoms with Crippen molar-refractivity contribution in [3.8, 4) is 89.4 Å². The first kappa shape index (κ1) is 58.1. The third kappa shape index (κ3) is 12.5. The Hall–Kier alpha value is -9.35. The van der Waals surface area contributed by atoms with Gasteiger partial charge in [-0.1, -0.05) is 216 Å². The highest BCUT2D eigenvalue weighted by atomic mass is 32.1. The quantitative estimate of drug-likeness (QED) is 0.134. The van der Waals surface area contributed by atoms with E-state index in [1.54, 1.807) is 24.9 Å². The molecule has 0 N–H and O–H groups in total. The first-order chi connectivity index (χ1) is 53.6. The van der Waals surface area contributed by atoms with Gasteiger partial charge in [0.05, 0.1) is 0 Å². The van der Waals surface area contributed by atoms with Crippen LogP contribution in [-0.2, 0) is 32.0 Å². The minimum atomic E-state index is -2.34. The highest BCUT2D eigenvalue weighted by molar-refractivity contribution is 7.25. The Labute approximate surface area is 630 Å². The number of rotatable bonds is 8. The van der Waals surface area contributed by atoms with E-state index in [4.69, 9.17) is 12.3 Å². The lowest BCUT2D eigenvalue weighted by molar-refractivity contribution is -0.660. The zero-order chi connectivity index (χ0) is 78.5. The van der Waals surface area contributed by atoms with E-state index in [1.165, 1.54) is 164 Å². The summed E-state index contributed by atoms with van der Waals surface area (Å²) in [5.41, 5.74) is 29.8. The number of hydrogen-bond donors (Lipinski definition) is 0. The van der Waals surface area contributed by atoms with Crippen molar-refractivity contribution in [2.24, 2.45) is 21.1 Å². The number of nitrogens with zero attached hydrogens (tertiary/aromatic N) is 3. The summed E-state index contributed by atoms with van der Waals surface area (Å²) >= 11 is 1.99. The molecule has 0 amide bonds. The Kier molecular flexibility index (Phi) is 15.6. The molecule has 13 aromatic rings. The third-order valence-electron chi connectivity index (χ3n) is 24.2. The fourth-order valence-electron chi connectivity index (χ4n) is 18.6. The number of hydrogen-bond acceptors (Lipinski definition) is 1. The fourth-order valence-corrected chi connectivity index (χ4v) is 19.8. The van der Waals surface area contributed by atoms with Crippen LogP contribution in [0.25, 0.3) is 110 Å². The summed E-state index contributed by atoms with van der Waals surface area (Å²) in [6, 6.07) is 71.5. The van der Waals surface area contributed by atoms with Gasteiger partial charge in [-0.3, -0.25) is 0 Å². The number of benzene rings is 9. The Balaban J connectivity index is 0.000000127. The van der Waals surface area contributed by atoms with Crippen LogP contribution in [0.3, 0.4) is 0 Å². The number of aromatic nitrogens is 3. The van der Waals surface area contributed by atoms with Crippen molar-refractivity contribution >= 4 is 31.5 Å². The predicted octanol–water partition coefficient (Wildman–Crippen LogP) is 25.3. The molecule has 3 nitrogen and oxygen atoms in total. The highest BCUT2D eigenvalue weighted by Crippen LogP contribution is 2.58. The van der Waals surface area contributed by atoms with Gasteiger partial charge in [0.15, 0.2) is 18.6 Å². The molecule has 1 atom stereocenters. The summed E-state index contributed by atoms with van der Waals surface area (Å²) in [7, 11) is 6.03. The lowest BCUT2D eigenvalue weighted by Gasteiger charge is -2.27. The third-order valence-corrected chi connectivity index (χ3v) is 25.3. The first-order valence-corrected chi connectivity index (χ1v) is 38.7. The van der Waals surface area contributed by atoms with Crippen LogP contribution in [0.5, 0.6) is 0 Å². The molecule has 5 aliphatic carbocycles. The van der Waals surface area contributed by atoms with Gasteiger partial charge >= 0.3 is 0 Å². The smallest absolute Gasteiger partial charge is 0.201 e. The number of pyridine rings is 3. The van der Waals surface area contributed by atoms with Crippen LogP contribution in [0.1, 0.15) is 200 Å². The van der Waals surface area contributed by atoms with Gasteiger partial charge in [0.2, 0.25) is 17.1 Å². The van der Waals surface area contributed by atoms with E-state index in [2.05, 4.69) is 160 Å². The summed E-state index contributed by atoms with van der Waals surface area (Å²) in [6.45, 7) is 5.45. The van der Waals surface area contributed by atoms with Gasteiger partial charge < -0.3 is 0 Å². The second-order valence-corrected chi connectivity index (χ2v) is 32.1. The Bertz CT molecular complexity index is 5840. The minimum absolute atomic E-state index is 0.0468. The normalized spacial score (nSPS) is 18.3. The van der Waals surface area contributed by atoms with Gasteiger partial charge in [-0.15, -0.1) is 11.3 Å². The molecule has 1 spiro atoms. The molecule has 4 heterocycles. The van der Waals surface area contributed by atoms with Crippen molar-refractivity contribution in [1.29, 1.82) is 0 Å². The Morgan fingerprint density at radius 3 is 1.30 bits per heavy atom. The van der Waals surface area contributed by atoms with Crippen LogP contribution >= 0.6 is 11.3 Å². The van der Waals surface area contributed by atoms with Crippen LogP contribution < -0.4 is 13.7 Å². The molecule has 1 unspecified atom stereocenters. The maximum Gasteiger partial charge on any atom is 0.213 e. The van der Waals surface area contributed by atoms with E-state index in [9.17, 15) is 0 Å².